The summed E-state index contributed by atoms with van der Waals surface area (Å²) in [6, 6.07) is 9.39. The number of carbonyl (C=O) groups excluding carboxylic acids is 2. The van der Waals surface area contributed by atoms with Crippen LogP contribution in [-0.2, 0) is 9.59 Å². The predicted octanol–water partition coefficient (Wildman–Crippen LogP) is 3.09. The first kappa shape index (κ1) is 12.4. The SMILES string of the molecule is O=C1N(c2ccccc2)C(=O)C23CC=C[C@H]2C[C@H]2C=CCC123. The zero-order valence-electron chi connectivity index (χ0n) is 12.2. The maximum Gasteiger partial charge on any atom is 0.242 e. The van der Waals surface area contributed by atoms with Gasteiger partial charge in [0.25, 0.3) is 0 Å². The normalized spacial score (nSPS) is 41.2. The highest BCUT2D eigenvalue weighted by Gasteiger charge is 2.78. The highest BCUT2D eigenvalue weighted by Crippen LogP contribution is 2.72. The first-order valence-electron chi connectivity index (χ1n) is 7.99. The molecule has 3 heteroatoms. The van der Waals surface area contributed by atoms with E-state index in [1.165, 1.54) is 4.90 Å². The summed E-state index contributed by atoms with van der Waals surface area (Å²) in [5, 5.41) is 0. The minimum atomic E-state index is -0.534. The number of benzene rings is 1. The van der Waals surface area contributed by atoms with Gasteiger partial charge in [0.05, 0.1) is 16.5 Å². The van der Waals surface area contributed by atoms with Crippen LogP contribution < -0.4 is 4.90 Å². The van der Waals surface area contributed by atoms with Gasteiger partial charge in [-0.3, -0.25) is 9.59 Å². The van der Waals surface area contributed by atoms with E-state index in [0.29, 0.717) is 18.5 Å². The van der Waals surface area contributed by atoms with Crippen molar-refractivity contribution < 1.29 is 9.59 Å². The third-order valence-electron chi connectivity index (χ3n) is 6.37. The lowest BCUT2D eigenvalue weighted by molar-refractivity contribution is -0.134. The van der Waals surface area contributed by atoms with Crippen molar-refractivity contribution in [1.82, 2.24) is 0 Å². The number of hydrogen-bond acceptors (Lipinski definition) is 2. The van der Waals surface area contributed by atoms with Gasteiger partial charge in [0, 0.05) is 0 Å². The molecule has 2 amide bonds. The van der Waals surface area contributed by atoms with E-state index in [1.54, 1.807) is 0 Å². The second-order valence-electron chi connectivity index (χ2n) is 6.94. The van der Waals surface area contributed by atoms with Crippen molar-refractivity contribution >= 4 is 17.5 Å². The molecule has 1 saturated heterocycles. The fourth-order valence-electron chi connectivity index (χ4n) is 5.50. The van der Waals surface area contributed by atoms with Crippen molar-refractivity contribution in [1.29, 1.82) is 0 Å². The molecule has 1 aliphatic heterocycles. The largest absolute Gasteiger partial charge is 0.273 e. The molecule has 1 saturated carbocycles. The number of imide groups is 1. The Morgan fingerprint density at radius 1 is 0.864 bits per heavy atom. The van der Waals surface area contributed by atoms with Crippen LogP contribution in [0, 0.1) is 22.7 Å². The summed E-state index contributed by atoms with van der Waals surface area (Å²) in [5.41, 5.74) is -0.353. The van der Waals surface area contributed by atoms with Crippen molar-refractivity contribution in [3.05, 3.63) is 54.6 Å². The van der Waals surface area contributed by atoms with Crippen molar-refractivity contribution in [2.45, 2.75) is 19.3 Å². The van der Waals surface area contributed by atoms with E-state index in [9.17, 15) is 9.59 Å². The first-order valence-corrected chi connectivity index (χ1v) is 7.99. The van der Waals surface area contributed by atoms with Crippen LogP contribution in [0.5, 0.6) is 0 Å². The zero-order valence-corrected chi connectivity index (χ0v) is 12.2. The molecule has 1 aromatic carbocycles. The summed E-state index contributed by atoms with van der Waals surface area (Å²) >= 11 is 0. The Kier molecular flexibility index (Phi) is 2.13. The summed E-state index contributed by atoms with van der Waals surface area (Å²) < 4.78 is 0. The summed E-state index contributed by atoms with van der Waals surface area (Å²) in [7, 11) is 0. The molecule has 0 aromatic heterocycles. The Bertz CT molecular complexity index is 706. The van der Waals surface area contributed by atoms with E-state index in [1.807, 2.05) is 30.3 Å². The third kappa shape index (κ3) is 1.07. The molecule has 2 fully saturated rings. The molecule has 4 aliphatic rings. The monoisotopic (exact) mass is 291 g/mol. The van der Waals surface area contributed by atoms with Gasteiger partial charge >= 0.3 is 0 Å². The van der Waals surface area contributed by atoms with E-state index in [2.05, 4.69) is 24.3 Å². The molecule has 0 radical (unpaired) electrons. The maximum absolute atomic E-state index is 13.4. The number of rotatable bonds is 1. The first-order chi connectivity index (χ1) is 10.7. The summed E-state index contributed by atoms with van der Waals surface area (Å²) in [6.45, 7) is 0. The molecule has 4 atom stereocenters. The fourth-order valence-corrected chi connectivity index (χ4v) is 5.50. The average Bonchev–Trinajstić information content (AvgIpc) is 3.20. The van der Waals surface area contributed by atoms with Gasteiger partial charge < -0.3 is 0 Å². The number of allylic oxidation sites excluding steroid dienone is 4. The smallest absolute Gasteiger partial charge is 0.242 e. The molecule has 3 aliphatic carbocycles. The van der Waals surface area contributed by atoms with Gasteiger partial charge in [-0.2, -0.15) is 0 Å². The standard InChI is InChI=1S/C19H17NO2/c21-16-18-10-4-6-13(18)12-14-7-5-11-19(14,18)17(22)20(16)15-8-2-1-3-9-15/h1-9,13-14H,10-12H2/t13-,14+,18?,19?. The quantitative estimate of drug-likeness (QED) is 0.589. The molecule has 3 nitrogen and oxygen atoms in total. The molecule has 1 heterocycles. The van der Waals surface area contributed by atoms with Gasteiger partial charge in [0.2, 0.25) is 11.8 Å². The number of carbonyl (C=O) groups is 2. The fraction of sp³-hybridized carbons (Fsp3) is 0.368. The Morgan fingerprint density at radius 3 is 1.95 bits per heavy atom. The van der Waals surface area contributed by atoms with Gasteiger partial charge in [-0.05, 0) is 43.2 Å². The van der Waals surface area contributed by atoms with Crippen molar-refractivity contribution in [3.8, 4) is 0 Å². The molecule has 22 heavy (non-hydrogen) atoms. The molecule has 2 unspecified atom stereocenters. The molecular formula is C19H17NO2. The van der Waals surface area contributed by atoms with E-state index in [0.717, 1.165) is 6.42 Å². The van der Waals surface area contributed by atoms with Crippen molar-refractivity contribution in [3.63, 3.8) is 0 Å². The lowest BCUT2D eigenvalue weighted by Gasteiger charge is -2.35. The Labute approximate surface area is 129 Å². The molecule has 0 bridgehead atoms. The number of para-hydroxylation sites is 1. The number of amides is 2. The van der Waals surface area contributed by atoms with E-state index >= 15 is 0 Å². The molecular weight excluding hydrogens is 274 g/mol. The van der Waals surface area contributed by atoms with E-state index in [4.69, 9.17) is 0 Å². The number of anilines is 1. The second-order valence-corrected chi connectivity index (χ2v) is 6.94. The predicted molar refractivity (Wildman–Crippen MR) is 82.9 cm³/mol. The van der Waals surface area contributed by atoms with Gasteiger partial charge in [-0.15, -0.1) is 0 Å². The Morgan fingerprint density at radius 2 is 1.41 bits per heavy atom. The zero-order chi connectivity index (χ0) is 14.9. The van der Waals surface area contributed by atoms with Crippen molar-refractivity contribution in [2.24, 2.45) is 22.7 Å². The summed E-state index contributed by atoms with van der Waals surface area (Å²) in [6.07, 6.45) is 10.9. The van der Waals surface area contributed by atoms with Crippen LogP contribution in [-0.4, -0.2) is 11.8 Å². The number of hydrogen-bond donors (Lipinski definition) is 0. The van der Waals surface area contributed by atoms with Gasteiger partial charge in [0.15, 0.2) is 0 Å². The third-order valence-corrected chi connectivity index (χ3v) is 6.37. The molecule has 110 valence electrons. The lowest BCUT2D eigenvalue weighted by Crippen LogP contribution is -2.43. The average molecular weight is 291 g/mol. The van der Waals surface area contributed by atoms with Crippen LogP contribution in [0.25, 0.3) is 0 Å². The van der Waals surface area contributed by atoms with Gasteiger partial charge in [-0.25, -0.2) is 4.90 Å². The summed E-state index contributed by atoms with van der Waals surface area (Å²) in [5.74, 6) is 0.468. The van der Waals surface area contributed by atoms with Crippen LogP contribution in [0.3, 0.4) is 0 Å². The van der Waals surface area contributed by atoms with Crippen LogP contribution in [0.1, 0.15) is 19.3 Å². The molecule has 1 aromatic rings. The molecule has 0 N–H and O–H groups in total. The van der Waals surface area contributed by atoms with E-state index < -0.39 is 10.8 Å². The van der Waals surface area contributed by atoms with Crippen molar-refractivity contribution in [2.75, 3.05) is 4.90 Å². The van der Waals surface area contributed by atoms with E-state index in [-0.39, 0.29) is 23.7 Å². The van der Waals surface area contributed by atoms with Crippen LogP contribution in [0.4, 0.5) is 5.69 Å². The topological polar surface area (TPSA) is 37.4 Å². The Hall–Kier alpha value is -2.16. The Balaban J connectivity index is 1.73. The summed E-state index contributed by atoms with van der Waals surface area (Å²) in [4.78, 5) is 28.2. The van der Waals surface area contributed by atoms with Crippen LogP contribution >= 0.6 is 0 Å². The molecule has 2 spiro atoms. The minimum absolute atomic E-state index is 0.0184. The highest BCUT2D eigenvalue weighted by atomic mass is 16.2. The number of nitrogens with zero attached hydrogens (tertiary/aromatic N) is 1. The van der Waals surface area contributed by atoms with Crippen LogP contribution in [0.15, 0.2) is 54.6 Å². The minimum Gasteiger partial charge on any atom is -0.273 e. The lowest BCUT2D eigenvalue weighted by atomic mass is 9.62. The second kappa shape index (κ2) is 3.78. The van der Waals surface area contributed by atoms with Crippen LogP contribution in [0.2, 0.25) is 0 Å². The maximum atomic E-state index is 13.4. The van der Waals surface area contributed by atoms with Gasteiger partial charge in [-0.1, -0.05) is 42.5 Å². The highest BCUT2D eigenvalue weighted by molar-refractivity contribution is 6.26. The van der Waals surface area contributed by atoms with Gasteiger partial charge in [0.1, 0.15) is 0 Å². The molecule has 5 rings (SSSR count).